The van der Waals surface area contributed by atoms with E-state index in [9.17, 15) is 9.59 Å². The van der Waals surface area contributed by atoms with Gasteiger partial charge in [-0.05, 0) is 37.3 Å². The second-order valence-electron chi connectivity index (χ2n) is 7.30. The minimum Gasteiger partial charge on any atom is -0.338 e. The first kappa shape index (κ1) is 18.4. The van der Waals surface area contributed by atoms with Crippen LogP contribution in [0.15, 0.2) is 30.3 Å². The van der Waals surface area contributed by atoms with Gasteiger partial charge in [0.05, 0.1) is 11.6 Å². The van der Waals surface area contributed by atoms with E-state index in [0.29, 0.717) is 19.0 Å². The summed E-state index contributed by atoms with van der Waals surface area (Å²) in [4.78, 5) is 27.2. The Labute approximate surface area is 155 Å². The molecule has 0 aliphatic carbocycles. The maximum Gasteiger partial charge on any atom is 0.252 e. The van der Waals surface area contributed by atoms with Crippen molar-refractivity contribution in [2.75, 3.05) is 6.54 Å². The van der Waals surface area contributed by atoms with Crippen molar-refractivity contribution in [3.8, 4) is 0 Å². The van der Waals surface area contributed by atoms with Gasteiger partial charge in [0.1, 0.15) is 0 Å². The lowest BCUT2D eigenvalue weighted by atomic mass is 9.97. The van der Waals surface area contributed by atoms with Crippen LogP contribution in [0.3, 0.4) is 0 Å². The summed E-state index contributed by atoms with van der Waals surface area (Å²) in [6, 6.07) is 9.89. The largest absolute Gasteiger partial charge is 0.338 e. The summed E-state index contributed by atoms with van der Waals surface area (Å²) in [5.74, 6) is 0.0188. The Kier molecular flexibility index (Phi) is 5.25. The number of benzene rings is 1. The zero-order valence-electron chi connectivity index (χ0n) is 16.0. The van der Waals surface area contributed by atoms with Crippen molar-refractivity contribution in [2.24, 2.45) is 5.92 Å². The van der Waals surface area contributed by atoms with Gasteiger partial charge in [0.15, 0.2) is 0 Å². The van der Waals surface area contributed by atoms with Gasteiger partial charge < -0.3 is 4.90 Å². The van der Waals surface area contributed by atoms with Crippen LogP contribution in [-0.4, -0.2) is 33.0 Å². The normalized spacial score (nSPS) is 18.4. The zero-order chi connectivity index (χ0) is 18.8. The Morgan fingerprint density at radius 1 is 1.27 bits per heavy atom. The van der Waals surface area contributed by atoms with Crippen LogP contribution in [0.4, 0.5) is 0 Å². The molecule has 2 atom stereocenters. The van der Waals surface area contributed by atoms with Crippen molar-refractivity contribution in [2.45, 2.75) is 53.0 Å². The van der Waals surface area contributed by atoms with Crippen LogP contribution in [0.5, 0.6) is 0 Å². The highest BCUT2D eigenvalue weighted by molar-refractivity contribution is 5.90. The average Bonchev–Trinajstić information content (AvgIpc) is 3.14. The molecule has 1 aromatic carbocycles. The number of aryl methyl sites for hydroxylation is 1. The van der Waals surface area contributed by atoms with Gasteiger partial charge in [-0.15, -0.1) is 0 Å². The molecule has 0 N–H and O–H groups in total. The predicted molar refractivity (Wildman–Crippen MR) is 101 cm³/mol. The number of aromatic nitrogens is 2. The van der Waals surface area contributed by atoms with Gasteiger partial charge in [0, 0.05) is 25.2 Å². The maximum absolute atomic E-state index is 13.0. The van der Waals surface area contributed by atoms with Gasteiger partial charge in [-0.25, -0.2) is 4.68 Å². The van der Waals surface area contributed by atoms with Crippen molar-refractivity contribution >= 4 is 11.8 Å². The van der Waals surface area contributed by atoms with Gasteiger partial charge in [-0.2, -0.15) is 5.10 Å². The molecular formula is C21H27N3O2. The highest BCUT2D eigenvalue weighted by atomic mass is 16.2. The van der Waals surface area contributed by atoms with Gasteiger partial charge >= 0.3 is 0 Å². The zero-order valence-corrected chi connectivity index (χ0v) is 16.0. The molecule has 5 nitrogen and oxygen atoms in total. The minimum atomic E-state index is -0.325. The lowest BCUT2D eigenvalue weighted by Gasteiger charge is -2.16. The molecule has 1 aromatic heterocycles. The number of carbonyl (C=O) groups is 2. The first-order valence-electron chi connectivity index (χ1n) is 9.34. The van der Waals surface area contributed by atoms with Crippen LogP contribution in [0, 0.1) is 19.8 Å². The maximum atomic E-state index is 13.0. The van der Waals surface area contributed by atoms with Crippen molar-refractivity contribution in [3.05, 3.63) is 52.8 Å². The van der Waals surface area contributed by atoms with Crippen LogP contribution in [0.25, 0.3) is 0 Å². The van der Waals surface area contributed by atoms with Gasteiger partial charge in [0.2, 0.25) is 5.91 Å². The van der Waals surface area contributed by atoms with E-state index in [4.69, 9.17) is 0 Å². The summed E-state index contributed by atoms with van der Waals surface area (Å²) < 4.78 is 1.53. The molecular weight excluding hydrogens is 326 g/mol. The quantitative estimate of drug-likeness (QED) is 0.823. The molecule has 26 heavy (non-hydrogen) atoms. The average molecular weight is 353 g/mol. The Hall–Kier alpha value is -2.43. The number of likely N-dealkylation sites (tertiary alicyclic amines) is 1. The molecule has 1 saturated heterocycles. The minimum absolute atomic E-state index is 0.0379. The van der Waals surface area contributed by atoms with Crippen LogP contribution >= 0.6 is 0 Å². The fourth-order valence-corrected chi connectivity index (χ4v) is 3.85. The molecule has 0 radical (unpaired) electrons. The molecule has 1 aliphatic heterocycles. The molecule has 0 spiro atoms. The first-order valence-corrected chi connectivity index (χ1v) is 9.34. The van der Waals surface area contributed by atoms with E-state index >= 15 is 0 Å². The van der Waals surface area contributed by atoms with Crippen molar-refractivity contribution in [1.82, 2.24) is 14.7 Å². The predicted octanol–water partition coefficient (Wildman–Crippen LogP) is 3.70. The molecule has 5 heteroatoms. The molecule has 2 unspecified atom stereocenters. The lowest BCUT2D eigenvalue weighted by molar-refractivity contribution is -0.128. The summed E-state index contributed by atoms with van der Waals surface area (Å²) in [5.41, 5.74) is 4.07. The second-order valence-corrected chi connectivity index (χ2v) is 7.30. The van der Waals surface area contributed by atoms with Gasteiger partial charge in [0.25, 0.3) is 5.91 Å². The van der Waals surface area contributed by atoms with E-state index in [2.05, 4.69) is 18.9 Å². The van der Waals surface area contributed by atoms with E-state index in [-0.39, 0.29) is 24.2 Å². The number of amides is 1. The Morgan fingerprint density at radius 3 is 2.62 bits per heavy atom. The first-order chi connectivity index (χ1) is 12.4. The summed E-state index contributed by atoms with van der Waals surface area (Å²) in [6.45, 7) is 9.23. The number of rotatable bonds is 5. The highest BCUT2D eigenvalue weighted by Gasteiger charge is 2.36. The number of hydrogen-bond acceptors (Lipinski definition) is 3. The molecule has 138 valence electrons. The smallest absolute Gasteiger partial charge is 0.252 e. The molecule has 3 rings (SSSR count). The van der Waals surface area contributed by atoms with E-state index in [1.807, 2.05) is 44.2 Å². The van der Waals surface area contributed by atoms with E-state index in [0.717, 1.165) is 28.9 Å². The topological polar surface area (TPSA) is 55.2 Å². The Morgan fingerprint density at radius 2 is 1.96 bits per heavy atom. The molecule has 0 saturated carbocycles. The SMILES string of the molecule is CCC(C)c1c(C)nn(C(=O)C2CC(=O)N(Cc3ccccc3)C2)c1C. The molecule has 2 heterocycles. The van der Waals surface area contributed by atoms with Crippen molar-refractivity contribution < 1.29 is 9.59 Å². The van der Waals surface area contributed by atoms with Gasteiger partial charge in [-0.3, -0.25) is 9.59 Å². The van der Waals surface area contributed by atoms with E-state index in [1.165, 1.54) is 4.68 Å². The van der Waals surface area contributed by atoms with Crippen LogP contribution < -0.4 is 0 Å². The molecule has 2 aromatic rings. The number of hydrogen-bond donors (Lipinski definition) is 0. The third-order valence-corrected chi connectivity index (χ3v) is 5.44. The second kappa shape index (κ2) is 7.44. The van der Waals surface area contributed by atoms with E-state index in [1.54, 1.807) is 4.90 Å². The third-order valence-electron chi connectivity index (χ3n) is 5.44. The van der Waals surface area contributed by atoms with Crippen LogP contribution in [0.2, 0.25) is 0 Å². The summed E-state index contributed by atoms with van der Waals surface area (Å²) in [5, 5.41) is 4.50. The molecule has 1 amide bonds. The van der Waals surface area contributed by atoms with E-state index < -0.39 is 0 Å². The van der Waals surface area contributed by atoms with Gasteiger partial charge in [-0.1, -0.05) is 44.2 Å². The summed E-state index contributed by atoms with van der Waals surface area (Å²) >= 11 is 0. The number of nitrogens with zero attached hydrogens (tertiary/aromatic N) is 3. The Balaban J connectivity index is 1.76. The fraction of sp³-hybridized carbons (Fsp3) is 0.476. The van der Waals surface area contributed by atoms with Crippen LogP contribution in [0.1, 0.15) is 59.9 Å². The van der Waals surface area contributed by atoms with Crippen molar-refractivity contribution in [3.63, 3.8) is 0 Å². The van der Waals surface area contributed by atoms with Crippen molar-refractivity contribution in [1.29, 1.82) is 0 Å². The molecule has 1 aliphatic rings. The monoisotopic (exact) mass is 353 g/mol. The summed E-state index contributed by atoms with van der Waals surface area (Å²) in [7, 11) is 0. The van der Waals surface area contributed by atoms with Crippen LogP contribution in [-0.2, 0) is 11.3 Å². The third kappa shape index (κ3) is 3.43. The molecule has 0 bridgehead atoms. The summed E-state index contributed by atoms with van der Waals surface area (Å²) in [6.07, 6.45) is 1.27. The fourth-order valence-electron chi connectivity index (χ4n) is 3.85. The molecule has 1 fully saturated rings. The highest BCUT2D eigenvalue weighted by Crippen LogP contribution is 2.28. The lowest BCUT2D eigenvalue weighted by Crippen LogP contribution is -2.28. The Bertz CT molecular complexity index is 810. The standard InChI is InChI=1S/C21H27N3O2/c1-5-14(2)20-15(3)22-24(16(20)4)21(26)18-11-19(25)23(13-18)12-17-9-7-6-8-10-17/h6-10,14,18H,5,11-13H2,1-4H3. The number of carbonyl (C=O) groups excluding carboxylic acids is 2.